The number of hydrogen-bond acceptors (Lipinski definition) is 2. The first-order valence-corrected chi connectivity index (χ1v) is 6.04. The van der Waals surface area contributed by atoms with Crippen molar-refractivity contribution in [1.29, 1.82) is 0 Å². The first kappa shape index (κ1) is 13.5. The molecular weight excluding hydrogens is 212 g/mol. The van der Waals surface area contributed by atoms with Crippen molar-refractivity contribution in [2.45, 2.75) is 33.7 Å². The second-order valence-corrected chi connectivity index (χ2v) is 4.58. The molecule has 4 heteroatoms. The Hall–Kier alpha value is -1.58. The highest BCUT2D eigenvalue weighted by Crippen LogP contribution is 1.99. The second-order valence-electron chi connectivity index (χ2n) is 4.58. The van der Waals surface area contributed by atoms with Crippen LogP contribution in [0.25, 0.3) is 0 Å². The number of aromatic nitrogens is 1. The fourth-order valence-electron chi connectivity index (χ4n) is 1.40. The monoisotopic (exact) mass is 234 g/mol. The van der Waals surface area contributed by atoms with Crippen LogP contribution in [0.5, 0.6) is 0 Å². The third-order valence-corrected chi connectivity index (χ3v) is 2.39. The van der Waals surface area contributed by atoms with E-state index in [2.05, 4.69) is 29.1 Å². The Labute approximate surface area is 103 Å². The van der Waals surface area contributed by atoms with Crippen molar-refractivity contribution < 1.29 is 0 Å². The van der Waals surface area contributed by atoms with Gasteiger partial charge in [-0.3, -0.25) is 4.98 Å². The maximum absolute atomic E-state index is 5.76. The SMILES string of the molecule is Cc1cccc(CN=C(N)NCCC(C)C)n1. The lowest BCUT2D eigenvalue weighted by atomic mass is 10.1. The number of pyridine rings is 1. The quantitative estimate of drug-likeness (QED) is 0.603. The molecule has 0 aliphatic heterocycles. The van der Waals surface area contributed by atoms with Gasteiger partial charge in [-0.25, -0.2) is 4.99 Å². The van der Waals surface area contributed by atoms with E-state index < -0.39 is 0 Å². The highest BCUT2D eigenvalue weighted by atomic mass is 15.1. The molecule has 0 amide bonds. The van der Waals surface area contributed by atoms with Crippen molar-refractivity contribution in [2.24, 2.45) is 16.6 Å². The fraction of sp³-hybridized carbons (Fsp3) is 0.538. The minimum absolute atomic E-state index is 0.494. The Morgan fingerprint density at radius 3 is 2.88 bits per heavy atom. The zero-order valence-electron chi connectivity index (χ0n) is 10.9. The van der Waals surface area contributed by atoms with E-state index in [-0.39, 0.29) is 0 Å². The van der Waals surface area contributed by atoms with Crippen LogP contribution in [-0.4, -0.2) is 17.5 Å². The number of nitrogens with one attached hydrogen (secondary N) is 1. The topological polar surface area (TPSA) is 63.3 Å². The second kappa shape index (κ2) is 6.89. The third kappa shape index (κ3) is 5.90. The summed E-state index contributed by atoms with van der Waals surface area (Å²) in [5.74, 6) is 1.17. The predicted octanol–water partition coefficient (Wildman–Crippen LogP) is 1.84. The summed E-state index contributed by atoms with van der Waals surface area (Å²) in [6.07, 6.45) is 1.10. The van der Waals surface area contributed by atoms with E-state index in [0.717, 1.165) is 24.4 Å². The van der Waals surface area contributed by atoms with E-state index in [9.17, 15) is 0 Å². The van der Waals surface area contributed by atoms with Gasteiger partial charge in [-0.1, -0.05) is 19.9 Å². The van der Waals surface area contributed by atoms with Crippen LogP contribution in [0, 0.1) is 12.8 Å². The summed E-state index contributed by atoms with van der Waals surface area (Å²) in [5, 5.41) is 3.10. The number of rotatable bonds is 5. The first-order valence-electron chi connectivity index (χ1n) is 6.04. The lowest BCUT2D eigenvalue weighted by Crippen LogP contribution is -2.32. The van der Waals surface area contributed by atoms with Gasteiger partial charge in [0.15, 0.2) is 5.96 Å². The standard InChI is InChI=1S/C13H22N4/c1-10(2)7-8-15-13(14)16-9-12-6-4-5-11(3)17-12/h4-6,10H,7-9H2,1-3H3,(H3,14,15,16). The van der Waals surface area contributed by atoms with Gasteiger partial charge in [0.1, 0.15) is 0 Å². The molecule has 0 spiro atoms. The number of nitrogens with zero attached hydrogens (tertiary/aromatic N) is 2. The summed E-state index contributed by atoms with van der Waals surface area (Å²) < 4.78 is 0. The Balaban J connectivity index is 2.37. The van der Waals surface area contributed by atoms with Gasteiger partial charge >= 0.3 is 0 Å². The van der Waals surface area contributed by atoms with Gasteiger partial charge < -0.3 is 11.1 Å². The van der Waals surface area contributed by atoms with Crippen molar-refractivity contribution >= 4 is 5.96 Å². The molecule has 1 aromatic rings. The van der Waals surface area contributed by atoms with Gasteiger partial charge in [-0.05, 0) is 31.4 Å². The molecule has 4 nitrogen and oxygen atoms in total. The first-order chi connectivity index (χ1) is 8.08. The Morgan fingerprint density at radius 1 is 1.47 bits per heavy atom. The highest BCUT2D eigenvalue weighted by molar-refractivity contribution is 5.77. The third-order valence-electron chi connectivity index (χ3n) is 2.39. The Kier molecular flexibility index (Phi) is 5.46. The Morgan fingerprint density at radius 2 is 2.24 bits per heavy atom. The van der Waals surface area contributed by atoms with Crippen LogP contribution < -0.4 is 11.1 Å². The molecule has 0 radical (unpaired) electrons. The normalized spacial score (nSPS) is 11.9. The molecular formula is C13H22N4. The van der Waals surface area contributed by atoms with Crippen molar-refractivity contribution in [3.05, 3.63) is 29.6 Å². The van der Waals surface area contributed by atoms with Crippen molar-refractivity contribution in [2.75, 3.05) is 6.54 Å². The molecule has 1 heterocycles. The van der Waals surface area contributed by atoms with Gasteiger partial charge in [0.25, 0.3) is 0 Å². The van der Waals surface area contributed by atoms with E-state index in [1.807, 2.05) is 25.1 Å². The van der Waals surface area contributed by atoms with Gasteiger partial charge in [-0.2, -0.15) is 0 Å². The Bertz CT molecular complexity index is 371. The lowest BCUT2D eigenvalue weighted by molar-refractivity contribution is 0.576. The van der Waals surface area contributed by atoms with E-state index in [4.69, 9.17) is 5.73 Å². The fourth-order valence-corrected chi connectivity index (χ4v) is 1.40. The summed E-state index contributed by atoms with van der Waals surface area (Å²) in [5.41, 5.74) is 7.70. The maximum atomic E-state index is 5.76. The van der Waals surface area contributed by atoms with Crippen molar-refractivity contribution in [3.63, 3.8) is 0 Å². The van der Waals surface area contributed by atoms with Gasteiger partial charge in [0.2, 0.25) is 0 Å². The summed E-state index contributed by atoms with van der Waals surface area (Å²) in [4.78, 5) is 8.62. The average Bonchev–Trinajstić information content (AvgIpc) is 2.26. The van der Waals surface area contributed by atoms with Crippen LogP contribution in [-0.2, 0) is 6.54 Å². The molecule has 0 saturated carbocycles. The molecule has 0 saturated heterocycles. The number of nitrogens with two attached hydrogens (primary N) is 1. The number of hydrogen-bond donors (Lipinski definition) is 2. The largest absolute Gasteiger partial charge is 0.370 e. The van der Waals surface area contributed by atoms with Crippen LogP contribution in [0.15, 0.2) is 23.2 Å². The molecule has 0 aromatic carbocycles. The molecule has 0 unspecified atom stereocenters. The van der Waals surface area contributed by atoms with Gasteiger partial charge in [0, 0.05) is 12.2 Å². The predicted molar refractivity (Wildman–Crippen MR) is 71.8 cm³/mol. The molecule has 94 valence electrons. The molecule has 3 N–H and O–H groups in total. The minimum Gasteiger partial charge on any atom is -0.370 e. The van der Waals surface area contributed by atoms with Crippen LogP contribution >= 0.6 is 0 Å². The summed E-state index contributed by atoms with van der Waals surface area (Å²) in [6.45, 7) is 7.74. The summed E-state index contributed by atoms with van der Waals surface area (Å²) in [6, 6.07) is 5.91. The van der Waals surface area contributed by atoms with Gasteiger partial charge in [-0.15, -0.1) is 0 Å². The van der Waals surface area contributed by atoms with Crippen LogP contribution in [0.2, 0.25) is 0 Å². The molecule has 1 aromatic heterocycles. The molecule has 0 aliphatic carbocycles. The van der Waals surface area contributed by atoms with E-state index in [1.54, 1.807) is 0 Å². The maximum Gasteiger partial charge on any atom is 0.188 e. The van der Waals surface area contributed by atoms with Crippen LogP contribution in [0.4, 0.5) is 0 Å². The summed E-state index contributed by atoms with van der Waals surface area (Å²) in [7, 11) is 0. The average molecular weight is 234 g/mol. The minimum atomic E-state index is 0.494. The van der Waals surface area contributed by atoms with E-state index in [1.165, 1.54) is 0 Å². The van der Waals surface area contributed by atoms with Crippen LogP contribution in [0.1, 0.15) is 31.7 Å². The lowest BCUT2D eigenvalue weighted by Gasteiger charge is -2.07. The van der Waals surface area contributed by atoms with E-state index in [0.29, 0.717) is 18.4 Å². The van der Waals surface area contributed by atoms with Crippen LogP contribution in [0.3, 0.4) is 0 Å². The zero-order chi connectivity index (χ0) is 12.7. The molecule has 1 rings (SSSR count). The van der Waals surface area contributed by atoms with Gasteiger partial charge in [0.05, 0.1) is 12.2 Å². The molecule has 0 aliphatic rings. The molecule has 17 heavy (non-hydrogen) atoms. The number of aliphatic imine (C=N–C) groups is 1. The molecule has 0 atom stereocenters. The number of aryl methyl sites for hydroxylation is 1. The zero-order valence-corrected chi connectivity index (χ0v) is 10.9. The summed E-state index contributed by atoms with van der Waals surface area (Å²) >= 11 is 0. The van der Waals surface area contributed by atoms with E-state index >= 15 is 0 Å². The highest BCUT2D eigenvalue weighted by Gasteiger charge is 1.96. The molecule has 0 fully saturated rings. The molecule has 0 bridgehead atoms. The number of guanidine groups is 1. The smallest absolute Gasteiger partial charge is 0.188 e. The van der Waals surface area contributed by atoms with Crippen molar-refractivity contribution in [1.82, 2.24) is 10.3 Å². The van der Waals surface area contributed by atoms with Crippen molar-refractivity contribution in [3.8, 4) is 0 Å².